The number of benzene rings is 2. The smallest absolute Gasteiger partial charge is 0.321 e. The molecular formula is C18H17F2N3OS. The van der Waals surface area contributed by atoms with Crippen LogP contribution in [-0.4, -0.2) is 20.7 Å². The zero-order chi connectivity index (χ0) is 18.0. The number of thioether (sulfide) groups is 1. The van der Waals surface area contributed by atoms with Gasteiger partial charge in [-0.1, -0.05) is 42.1 Å². The minimum Gasteiger partial charge on any atom is -0.325 e. The Bertz CT molecular complexity index is 910. The van der Waals surface area contributed by atoms with Gasteiger partial charge in [0.25, 0.3) is 0 Å². The molecule has 1 heterocycles. The largest absolute Gasteiger partial charge is 0.325 e. The van der Waals surface area contributed by atoms with E-state index in [9.17, 15) is 13.6 Å². The predicted octanol–water partition coefficient (Wildman–Crippen LogP) is 4.86. The van der Waals surface area contributed by atoms with Crippen LogP contribution in [-0.2, 0) is 4.79 Å². The van der Waals surface area contributed by atoms with Gasteiger partial charge in [0.15, 0.2) is 5.16 Å². The van der Waals surface area contributed by atoms with Crippen LogP contribution in [0.2, 0.25) is 0 Å². The van der Waals surface area contributed by atoms with Crippen molar-refractivity contribution in [3.05, 3.63) is 54.1 Å². The van der Waals surface area contributed by atoms with Gasteiger partial charge in [0.2, 0.25) is 5.91 Å². The highest BCUT2D eigenvalue weighted by atomic mass is 32.2. The SMILES string of the molecule is Cc1ccccc1NC(=O)C(C)Sc1nc2ccccc2n1C(F)F. The highest BCUT2D eigenvalue weighted by molar-refractivity contribution is 8.00. The zero-order valence-electron chi connectivity index (χ0n) is 13.7. The van der Waals surface area contributed by atoms with E-state index in [2.05, 4.69) is 10.3 Å². The maximum Gasteiger partial charge on any atom is 0.321 e. The van der Waals surface area contributed by atoms with Crippen molar-refractivity contribution in [2.24, 2.45) is 0 Å². The summed E-state index contributed by atoms with van der Waals surface area (Å²) in [4.78, 5) is 16.7. The van der Waals surface area contributed by atoms with E-state index in [1.807, 2.05) is 25.1 Å². The number of alkyl halides is 2. The number of anilines is 1. The molecule has 0 bridgehead atoms. The lowest BCUT2D eigenvalue weighted by molar-refractivity contribution is -0.115. The molecular weight excluding hydrogens is 344 g/mol. The van der Waals surface area contributed by atoms with Crippen molar-refractivity contribution in [1.29, 1.82) is 0 Å². The van der Waals surface area contributed by atoms with Crippen LogP contribution in [0.1, 0.15) is 19.0 Å². The number of fused-ring (bicyclic) bond motifs is 1. The lowest BCUT2D eigenvalue weighted by Crippen LogP contribution is -2.23. The van der Waals surface area contributed by atoms with Gasteiger partial charge in [0.1, 0.15) is 0 Å². The molecule has 130 valence electrons. The quantitative estimate of drug-likeness (QED) is 0.660. The Morgan fingerprint density at radius 2 is 1.84 bits per heavy atom. The van der Waals surface area contributed by atoms with Gasteiger partial charge >= 0.3 is 6.55 Å². The zero-order valence-corrected chi connectivity index (χ0v) is 14.6. The highest BCUT2D eigenvalue weighted by Crippen LogP contribution is 2.31. The molecule has 0 saturated carbocycles. The van der Waals surface area contributed by atoms with Gasteiger partial charge in [-0.2, -0.15) is 8.78 Å². The molecule has 0 fully saturated rings. The van der Waals surface area contributed by atoms with Crippen LogP contribution in [0, 0.1) is 6.92 Å². The number of aryl methyl sites for hydroxylation is 1. The fraction of sp³-hybridized carbons (Fsp3) is 0.222. The van der Waals surface area contributed by atoms with Crippen LogP contribution in [0.25, 0.3) is 11.0 Å². The number of imidazole rings is 1. The minimum absolute atomic E-state index is 0.128. The Kier molecular flexibility index (Phi) is 5.03. The van der Waals surface area contributed by atoms with Gasteiger partial charge in [-0.05, 0) is 37.6 Å². The molecule has 0 aliphatic heterocycles. The van der Waals surface area contributed by atoms with E-state index in [4.69, 9.17) is 0 Å². The second kappa shape index (κ2) is 7.23. The highest BCUT2D eigenvalue weighted by Gasteiger charge is 2.23. The Morgan fingerprint density at radius 3 is 2.56 bits per heavy atom. The third-order valence-corrected chi connectivity index (χ3v) is 4.88. The van der Waals surface area contributed by atoms with E-state index in [0.29, 0.717) is 16.7 Å². The van der Waals surface area contributed by atoms with Crippen LogP contribution in [0.5, 0.6) is 0 Å². The molecule has 1 unspecified atom stereocenters. The van der Waals surface area contributed by atoms with E-state index in [1.165, 1.54) is 0 Å². The van der Waals surface area contributed by atoms with E-state index in [0.717, 1.165) is 21.9 Å². The summed E-state index contributed by atoms with van der Waals surface area (Å²) in [5, 5.41) is 2.38. The maximum absolute atomic E-state index is 13.5. The van der Waals surface area contributed by atoms with Crippen molar-refractivity contribution in [3.8, 4) is 0 Å². The molecule has 7 heteroatoms. The first kappa shape index (κ1) is 17.4. The first-order valence-electron chi connectivity index (χ1n) is 7.75. The molecule has 4 nitrogen and oxygen atoms in total. The molecule has 1 aromatic heterocycles. The lowest BCUT2D eigenvalue weighted by Gasteiger charge is -2.14. The van der Waals surface area contributed by atoms with Crippen molar-refractivity contribution >= 4 is 34.4 Å². The number of para-hydroxylation sites is 3. The average Bonchev–Trinajstić information content (AvgIpc) is 2.94. The molecule has 3 aromatic rings. The summed E-state index contributed by atoms with van der Waals surface area (Å²) in [5.41, 5.74) is 2.48. The number of nitrogens with zero attached hydrogens (tertiary/aromatic N) is 2. The molecule has 3 rings (SSSR count). The van der Waals surface area contributed by atoms with Crippen LogP contribution < -0.4 is 5.32 Å². The molecule has 0 radical (unpaired) electrons. The van der Waals surface area contributed by atoms with E-state index < -0.39 is 11.8 Å². The van der Waals surface area contributed by atoms with E-state index in [1.54, 1.807) is 37.3 Å². The average molecular weight is 361 g/mol. The maximum atomic E-state index is 13.5. The number of hydrogen-bond acceptors (Lipinski definition) is 3. The topological polar surface area (TPSA) is 46.9 Å². The number of carbonyl (C=O) groups is 1. The number of hydrogen-bond donors (Lipinski definition) is 1. The molecule has 1 amide bonds. The third kappa shape index (κ3) is 3.66. The van der Waals surface area contributed by atoms with Gasteiger partial charge in [0.05, 0.1) is 16.3 Å². The molecule has 0 aliphatic carbocycles. The standard InChI is InChI=1S/C18H17F2N3OS/c1-11-7-3-4-8-13(11)21-16(24)12(2)25-18-22-14-9-5-6-10-15(14)23(18)17(19)20/h3-10,12,17H,1-2H3,(H,21,24). The summed E-state index contributed by atoms with van der Waals surface area (Å²) in [7, 11) is 0. The number of halogens is 2. The van der Waals surface area contributed by atoms with Crippen LogP contribution in [0.15, 0.2) is 53.7 Å². The van der Waals surface area contributed by atoms with Crippen molar-refractivity contribution in [2.45, 2.75) is 30.8 Å². The van der Waals surface area contributed by atoms with Gasteiger partial charge in [-0.15, -0.1) is 0 Å². The van der Waals surface area contributed by atoms with Crippen molar-refractivity contribution in [2.75, 3.05) is 5.32 Å². The van der Waals surface area contributed by atoms with Crippen molar-refractivity contribution in [3.63, 3.8) is 0 Å². The Hall–Kier alpha value is -2.41. The number of nitrogens with one attached hydrogen (secondary N) is 1. The molecule has 25 heavy (non-hydrogen) atoms. The number of rotatable bonds is 5. The number of amides is 1. The first-order valence-corrected chi connectivity index (χ1v) is 8.63. The second-order valence-electron chi connectivity index (χ2n) is 5.60. The molecule has 0 spiro atoms. The predicted molar refractivity (Wildman–Crippen MR) is 96.1 cm³/mol. The van der Waals surface area contributed by atoms with E-state index >= 15 is 0 Å². The van der Waals surface area contributed by atoms with E-state index in [-0.39, 0.29) is 11.1 Å². The summed E-state index contributed by atoms with van der Waals surface area (Å²) < 4.78 is 27.8. The first-order chi connectivity index (χ1) is 12.0. The molecule has 0 saturated heterocycles. The van der Waals surface area contributed by atoms with Crippen LogP contribution >= 0.6 is 11.8 Å². The van der Waals surface area contributed by atoms with Crippen LogP contribution in [0.3, 0.4) is 0 Å². The van der Waals surface area contributed by atoms with Gasteiger partial charge in [-0.3, -0.25) is 9.36 Å². The number of aromatic nitrogens is 2. The summed E-state index contributed by atoms with van der Waals surface area (Å²) in [6.07, 6.45) is 0. The normalized spacial score (nSPS) is 12.5. The van der Waals surface area contributed by atoms with Gasteiger partial charge < -0.3 is 5.32 Å². The fourth-order valence-electron chi connectivity index (χ4n) is 2.45. The Labute approximate surface area is 148 Å². The van der Waals surface area contributed by atoms with Crippen molar-refractivity contribution in [1.82, 2.24) is 9.55 Å². The van der Waals surface area contributed by atoms with Crippen molar-refractivity contribution < 1.29 is 13.6 Å². The van der Waals surface area contributed by atoms with Gasteiger partial charge in [-0.25, -0.2) is 4.98 Å². The summed E-state index contributed by atoms with van der Waals surface area (Å²) >= 11 is 1.02. The Balaban J connectivity index is 1.82. The number of carbonyl (C=O) groups excluding carboxylic acids is 1. The summed E-state index contributed by atoms with van der Waals surface area (Å²) in [5.74, 6) is -0.257. The van der Waals surface area contributed by atoms with Gasteiger partial charge in [0, 0.05) is 5.69 Å². The molecule has 2 aromatic carbocycles. The fourth-order valence-corrected chi connectivity index (χ4v) is 3.38. The minimum atomic E-state index is -2.72. The Morgan fingerprint density at radius 1 is 1.16 bits per heavy atom. The summed E-state index contributed by atoms with van der Waals surface area (Å²) in [6.45, 7) is 0.846. The monoisotopic (exact) mass is 361 g/mol. The summed E-state index contributed by atoms with van der Waals surface area (Å²) in [6, 6.07) is 14.1. The molecule has 1 N–H and O–H groups in total. The molecule has 1 atom stereocenters. The molecule has 0 aliphatic rings. The lowest BCUT2D eigenvalue weighted by atomic mass is 10.2. The third-order valence-electron chi connectivity index (χ3n) is 3.81. The second-order valence-corrected chi connectivity index (χ2v) is 6.90. The van der Waals surface area contributed by atoms with Crippen LogP contribution in [0.4, 0.5) is 14.5 Å².